The van der Waals surface area contributed by atoms with Crippen LogP contribution in [0, 0.1) is 0 Å². The molecule has 1 aliphatic rings. The van der Waals surface area contributed by atoms with E-state index in [0.29, 0.717) is 24.9 Å². The van der Waals surface area contributed by atoms with Crippen molar-refractivity contribution in [1.82, 2.24) is 4.90 Å². The summed E-state index contributed by atoms with van der Waals surface area (Å²) in [6.07, 6.45) is 4.72. The maximum atomic E-state index is 12.4. The molecule has 1 aromatic carbocycles. The van der Waals surface area contributed by atoms with E-state index in [2.05, 4.69) is 14.6 Å². The van der Waals surface area contributed by atoms with Crippen LogP contribution in [-0.2, 0) is 6.54 Å². The van der Waals surface area contributed by atoms with Gasteiger partial charge in [0.1, 0.15) is 0 Å². The Kier molecular flexibility index (Phi) is 7.08. The van der Waals surface area contributed by atoms with E-state index in [1.165, 1.54) is 18.9 Å². The molecule has 0 saturated carbocycles. The standard InChI is InChI=1S/C17H25F2N3O2/c1-2-23-15-11-13(7-8-14(15)24-16(18)19)12-21-17(20)22-9-5-3-4-6-10-22/h7-8,11,16H,2-6,9-10,12H2,1H3,(H2,20,21). The minimum absolute atomic E-state index is 0.0278. The van der Waals surface area contributed by atoms with Crippen LogP contribution < -0.4 is 15.2 Å². The first-order valence-corrected chi connectivity index (χ1v) is 8.35. The Morgan fingerprint density at radius 1 is 1.21 bits per heavy atom. The van der Waals surface area contributed by atoms with Crippen molar-refractivity contribution in [3.05, 3.63) is 23.8 Å². The average Bonchev–Trinajstić information content (AvgIpc) is 2.84. The number of benzene rings is 1. The molecule has 0 aliphatic carbocycles. The number of rotatable bonds is 6. The number of nitrogens with two attached hydrogens (primary N) is 1. The Hall–Kier alpha value is -2.05. The summed E-state index contributed by atoms with van der Waals surface area (Å²) in [7, 11) is 0. The molecule has 1 heterocycles. The number of ether oxygens (including phenoxy) is 2. The lowest BCUT2D eigenvalue weighted by atomic mass is 10.2. The first kappa shape index (κ1) is 18.3. The van der Waals surface area contributed by atoms with Crippen LogP contribution in [0.5, 0.6) is 11.5 Å². The molecule has 1 aromatic rings. The van der Waals surface area contributed by atoms with Crippen LogP contribution in [0.15, 0.2) is 23.2 Å². The van der Waals surface area contributed by atoms with Gasteiger partial charge in [0.05, 0.1) is 13.2 Å². The van der Waals surface area contributed by atoms with E-state index in [-0.39, 0.29) is 5.75 Å². The number of alkyl halides is 2. The van der Waals surface area contributed by atoms with E-state index in [1.54, 1.807) is 19.1 Å². The number of hydrogen-bond acceptors (Lipinski definition) is 3. The van der Waals surface area contributed by atoms with E-state index >= 15 is 0 Å². The number of nitrogens with zero attached hydrogens (tertiary/aromatic N) is 2. The SMILES string of the molecule is CCOc1cc(CN=C(N)N2CCCCCC2)ccc1OC(F)F. The highest BCUT2D eigenvalue weighted by atomic mass is 19.3. The van der Waals surface area contributed by atoms with Gasteiger partial charge < -0.3 is 20.1 Å². The Morgan fingerprint density at radius 3 is 2.54 bits per heavy atom. The minimum Gasteiger partial charge on any atom is -0.490 e. The zero-order chi connectivity index (χ0) is 17.4. The normalized spacial score (nSPS) is 16.2. The highest BCUT2D eigenvalue weighted by Crippen LogP contribution is 2.30. The molecule has 7 heteroatoms. The highest BCUT2D eigenvalue weighted by molar-refractivity contribution is 5.78. The predicted octanol–water partition coefficient (Wildman–Crippen LogP) is 3.38. The van der Waals surface area contributed by atoms with Crippen LogP contribution in [0.25, 0.3) is 0 Å². The van der Waals surface area contributed by atoms with E-state index < -0.39 is 6.61 Å². The molecular formula is C17H25F2N3O2. The summed E-state index contributed by atoms with van der Waals surface area (Å²) in [4.78, 5) is 6.53. The van der Waals surface area contributed by atoms with Crippen molar-refractivity contribution in [2.24, 2.45) is 10.7 Å². The largest absolute Gasteiger partial charge is 0.490 e. The van der Waals surface area contributed by atoms with Gasteiger partial charge in [0.2, 0.25) is 0 Å². The van der Waals surface area contributed by atoms with Gasteiger partial charge in [-0.25, -0.2) is 4.99 Å². The predicted molar refractivity (Wildman–Crippen MR) is 89.6 cm³/mol. The molecule has 1 fully saturated rings. The van der Waals surface area contributed by atoms with Crippen molar-refractivity contribution in [1.29, 1.82) is 0 Å². The molecule has 134 valence electrons. The zero-order valence-electron chi connectivity index (χ0n) is 14.0. The second-order valence-corrected chi connectivity index (χ2v) is 5.67. The van der Waals surface area contributed by atoms with Gasteiger partial charge in [-0.1, -0.05) is 18.9 Å². The van der Waals surface area contributed by atoms with E-state index in [1.807, 2.05) is 0 Å². The van der Waals surface area contributed by atoms with Gasteiger partial charge >= 0.3 is 6.61 Å². The Labute approximate surface area is 141 Å². The summed E-state index contributed by atoms with van der Waals surface area (Å²) in [6, 6.07) is 4.84. The fraction of sp³-hybridized carbons (Fsp3) is 0.588. The third-order valence-corrected chi connectivity index (χ3v) is 3.88. The average molecular weight is 341 g/mol. The smallest absolute Gasteiger partial charge is 0.387 e. The van der Waals surface area contributed by atoms with E-state index in [9.17, 15) is 8.78 Å². The van der Waals surface area contributed by atoms with Gasteiger partial charge in [0, 0.05) is 13.1 Å². The molecule has 0 aromatic heterocycles. The van der Waals surface area contributed by atoms with Crippen LogP contribution in [0.4, 0.5) is 8.78 Å². The molecule has 0 unspecified atom stereocenters. The van der Waals surface area contributed by atoms with Gasteiger partial charge in [0.15, 0.2) is 17.5 Å². The van der Waals surface area contributed by atoms with Crippen molar-refractivity contribution >= 4 is 5.96 Å². The number of likely N-dealkylation sites (tertiary alicyclic amines) is 1. The quantitative estimate of drug-likeness (QED) is 0.636. The molecule has 2 N–H and O–H groups in total. The third-order valence-electron chi connectivity index (χ3n) is 3.88. The first-order chi connectivity index (χ1) is 11.6. The second-order valence-electron chi connectivity index (χ2n) is 5.67. The topological polar surface area (TPSA) is 60.1 Å². The van der Waals surface area contributed by atoms with Crippen LogP contribution in [0.2, 0.25) is 0 Å². The molecule has 2 rings (SSSR count). The van der Waals surface area contributed by atoms with Crippen LogP contribution in [0.3, 0.4) is 0 Å². The zero-order valence-corrected chi connectivity index (χ0v) is 14.0. The Balaban J connectivity index is 2.05. The Bertz CT molecular complexity index is 545. The lowest BCUT2D eigenvalue weighted by Gasteiger charge is -2.21. The van der Waals surface area contributed by atoms with E-state index in [0.717, 1.165) is 31.5 Å². The summed E-state index contributed by atoms with van der Waals surface area (Å²) in [6.45, 7) is 1.50. The molecule has 1 saturated heterocycles. The Morgan fingerprint density at radius 2 is 1.92 bits per heavy atom. The maximum Gasteiger partial charge on any atom is 0.387 e. The monoisotopic (exact) mass is 341 g/mol. The molecule has 1 aliphatic heterocycles. The van der Waals surface area contributed by atoms with Crippen LogP contribution >= 0.6 is 0 Å². The van der Waals surface area contributed by atoms with Gasteiger partial charge in [0.25, 0.3) is 0 Å². The summed E-state index contributed by atoms with van der Waals surface area (Å²) < 4.78 is 34.7. The number of guanidine groups is 1. The molecule has 0 spiro atoms. The highest BCUT2D eigenvalue weighted by Gasteiger charge is 2.13. The second kappa shape index (κ2) is 9.30. The van der Waals surface area contributed by atoms with Crippen LogP contribution in [0.1, 0.15) is 38.2 Å². The lowest BCUT2D eigenvalue weighted by molar-refractivity contribution is -0.0514. The van der Waals surface area contributed by atoms with Crippen LogP contribution in [-0.4, -0.2) is 37.2 Å². The molecular weight excluding hydrogens is 316 g/mol. The molecule has 0 bridgehead atoms. The molecule has 0 radical (unpaired) electrons. The first-order valence-electron chi connectivity index (χ1n) is 8.35. The number of halogens is 2. The van der Waals surface area contributed by atoms with Gasteiger partial charge in [-0.3, -0.25) is 0 Å². The fourth-order valence-electron chi connectivity index (χ4n) is 2.68. The van der Waals surface area contributed by atoms with Crippen molar-refractivity contribution in [3.8, 4) is 11.5 Å². The van der Waals surface area contributed by atoms with Gasteiger partial charge in [-0.05, 0) is 37.5 Å². The molecule has 24 heavy (non-hydrogen) atoms. The maximum absolute atomic E-state index is 12.4. The summed E-state index contributed by atoms with van der Waals surface area (Å²) in [5.74, 6) is 0.849. The summed E-state index contributed by atoms with van der Waals surface area (Å²) in [5.41, 5.74) is 6.91. The summed E-state index contributed by atoms with van der Waals surface area (Å²) in [5, 5.41) is 0. The van der Waals surface area contributed by atoms with Crippen molar-refractivity contribution < 1.29 is 18.3 Å². The fourth-order valence-corrected chi connectivity index (χ4v) is 2.68. The molecule has 0 amide bonds. The molecule has 0 atom stereocenters. The van der Waals surface area contributed by atoms with Crippen molar-refractivity contribution in [2.45, 2.75) is 45.8 Å². The number of hydrogen-bond donors (Lipinski definition) is 1. The van der Waals surface area contributed by atoms with Crippen molar-refractivity contribution in [2.75, 3.05) is 19.7 Å². The lowest BCUT2D eigenvalue weighted by Crippen LogP contribution is -2.38. The third kappa shape index (κ3) is 5.54. The summed E-state index contributed by atoms with van der Waals surface area (Å²) >= 11 is 0. The van der Waals surface area contributed by atoms with Gasteiger partial charge in [-0.2, -0.15) is 8.78 Å². The van der Waals surface area contributed by atoms with Gasteiger partial charge in [-0.15, -0.1) is 0 Å². The van der Waals surface area contributed by atoms with Crippen molar-refractivity contribution in [3.63, 3.8) is 0 Å². The minimum atomic E-state index is -2.88. The number of aliphatic imine (C=N–C) groups is 1. The van der Waals surface area contributed by atoms with E-state index in [4.69, 9.17) is 10.5 Å². The molecule has 5 nitrogen and oxygen atoms in total.